The molecule has 1 N–H and O–H groups in total. The van der Waals surface area contributed by atoms with Gasteiger partial charge in [0.25, 0.3) is 0 Å². The summed E-state index contributed by atoms with van der Waals surface area (Å²) in [5, 5.41) is 8.29. The highest BCUT2D eigenvalue weighted by Gasteiger charge is 2.06. The van der Waals surface area contributed by atoms with Crippen LogP contribution in [0.15, 0.2) is 12.1 Å². The summed E-state index contributed by atoms with van der Waals surface area (Å²) in [5.74, 6) is 0.621. The van der Waals surface area contributed by atoms with Gasteiger partial charge in [0, 0.05) is 6.07 Å². The molecule has 0 amide bonds. The first-order valence-corrected chi connectivity index (χ1v) is 4.32. The van der Waals surface area contributed by atoms with E-state index in [9.17, 15) is 4.79 Å². The molecule has 0 spiro atoms. The van der Waals surface area contributed by atoms with Gasteiger partial charge >= 0.3 is 6.16 Å². The number of hydrogen-bond acceptors (Lipinski definition) is 4. The lowest BCUT2D eigenvalue weighted by Crippen LogP contribution is -2.05. The Labute approximate surface area is 87.8 Å². The average molecular weight is 295 g/mol. The van der Waals surface area contributed by atoms with E-state index in [2.05, 4.69) is 9.72 Å². The van der Waals surface area contributed by atoms with Gasteiger partial charge < -0.3 is 14.6 Å². The topological polar surface area (TPSA) is 68.7 Å². The molecule has 0 saturated carbocycles. The zero-order chi connectivity index (χ0) is 9.84. The standard InChI is InChI=1S/C7H6INO4/c1-12-4-2-3-5(9-6(4)8)13-7(10)11/h2-3H,1H3,(H,10,11). The Balaban J connectivity index is 2.89. The van der Waals surface area contributed by atoms with E-state index < -0.39 is 6.16 Å². The van der Waals surface area contributed by atoms with E-state index in [4.69, 9.17) is 9.84 Å². The third-order valence-electron chi connectivity index (χ3n) is 1.20. The number of pyridine rings is 1. The molecule has 0 unspecified atom stereocenters. The van der Waals surface area contributed by atoms with Crippen LogP contribution in [0.5, 0.6) is 11.6 Å². The van der Waals surface area contributed by atoms with E-state index in [0.29, 0.717) is 9.45 Å². The van der Waals surface area contributed by atoms with E-state index in [1.807, 2.05) is 22.6 Å². The summed E-state index contributed by atoms with van der Waals surface area (Å²) in [5.41, 5.74) is 0. The summed E-state index contributed by atoms with van der Waals surface area (Å²) >= 11 is 1.92. The van der Waals surface area contributed by atoms with Crippen molar-refractivity contribution in [2.24, 2.45) is 0 Å². The smallest absolute Gasteiger partial charge is 0.494 e. The first-order valence-electron chi connectivity index (χ1n) is 3.25. The SMILES string of the molecule is COc1ccc(OC(=O)O)nc1I. The monoisotopic (exact) mass is 295 g/mol. The lowest BCUT2D eigenvalue weighted by Gasteiger charge is -2.03. The molecule has 5 nitrogen and oxygen atoms in total. The molecule has 0 saturated heterocycles. The number of hydrogen-bond donors (Lipinski definition) is 1. The van der Waals surface area contributed by atoms with Crippen molar-refractivity contribution < 1.29 is 19.4 Å². The third kappa shape index (κ3) is 2.72. The molecule has 1 aromatic heterocycles. The Morgan fingerprint density at radius 3 is 2.77 bits per heavy atom. The molecule has 70 valence electrons. The number of halogens is 1. The Morgan fingerprint density at radius 2 is 2.31 bits per heavy atom. The lowest BCUT2D eigenvalue weighted by molar-refractivity contribution is 0.142. The zero-order valence-electron chi connectivity index (χ0n) is 6.65. The number of aromatic nitrogens is 1. The second-order valence-electron chi connectivity index (χ2n) is 2.01. The van der Waals surface area contributed by atoms with Gasteiger partial charge in [-0.3, -0.25) is 0 Å². The van der Waals surface area contributed by atoms with Crippen LogP contribution >= 0.6 is 22.6 Å². The van der Waals surface area contributed by atoms with Gasteiger partial charge in [-0.2, -0.15) is 0 Å². The Morgan fingerprint density at radius 1 is 1.62 bits per heavy atom. The van der Waals surface area contributed by atoms with Crippen molar-refractivity contribution in [2.45, 2.75) is 0 Å². The molecule has 0 fully saturated rings. The summed E-state index contributed by atoms with van der Waals surface area (Å²) in [4.78, 5) is 14.0. The summed E-state index contributed by atoms with van der Waals surface area (Å²) in [6.45, 7) is 0. The molecule has 0 aromatic carbocycles. The third-order valence-corrected chi connectivity index (χ3v) is 1.97. The Kier molecular flexibility index (Phi) is 3.29. The van der Waals surface area contributed by atoms with Crippen molar-refractivity contribution in [1.82, 2.24) is 4.98 Å². The maximum absolute atomic E-state index is 10.1. The molecule has 1 heterocycles. The summed E-state index contributed by atoms with van der Waals surface area (Å²) in [6, 6.07) is 3.02. The number of carbonyl (C=O) groups is 1. The fourth-order valence-electron chi connectivity index (χ4n) is 0.703. The molecule has 6 heteroatoms. The molecule has 0 aliphatic heterocycles. The van der Waals surface area contributed by atoms with Crippen LogP contribution in [-0.4, -0.2) is 23.4 Å². The van der Waals surface area contributed by atoms with E-state index in [1.165, 1.54) is 13.2 Å². The van der Waals surface area contributed by atoms with Crippen LogP contribution in [0.2, 0.25) is 0 Å². The van der Waals surface area contributed by atoms with Crippen LogP contribution in [0, 0.1) is 3.70 Å². The maximum atomic E-state index is 10.1. The number of rotatable bonds is 2. The summed E-state index contributed by atoms with van der Waals surface area (Å²) in [6.07, 6.45) is -1.38. The molecule has 13 heavy (non-hydrogen) atoms. The van der Waals surface area contributed by atoms with Crippen LogP contribution in [0.1, 0.15) is 0 Å². The van der Waals surface area contributed by atoms with Crippen LogP contribution in [-0.2, 0) is 0 Å². The molecular weight excluding hydrogens is 289 g/mol. The number of nitrogens with zero attached hydrogens (tertiary/aromatic N) is 1. The second kappa shape index (κ2) is 4.26. The van der Waals surface area contributed by atoms with Crippen LogP contribution < -0.4 is 9.47 Å². The highest BCUT2D eigenvalue weighted by atomic mass is 127. The fourth-order valence-corrected chi connectivity index (χ4v) is 1.34. The van der Waals surface area contributed by atoms with Crippen molar-refractivity contribution in [3.63, 3.8) is 0 Å². The van der Waals surface area contributed by atoms with Gasteiger partial charge in [-0.25, -0.2) is 9.78 Å². The Hall–Kier alpha value is -1.05. The van der Waals surface area contributed by atoms with Crippen molar-refractivity contribution in [1.29, 1.82) is 0 Å². The molecule has 0 aliphatic rings. The van der Waals surface area contributed by atoms with E-state index in [1.54, 1.807) is 6.07 Å². The van der Waals surface area contributed by atoms with Crippen molar-refractivity contribution in [3.8, 4) is 11.6 Å². The predicted molar refractivity (Wildman–Crippen MR) is 52.2 cm³/mol. The van der Waals surface area contributed by atoms with E-state index in [0.717, 1.165) is 0 Å². The highest BCUT2D eigenvalue weighted by molar-refractivity contribution is 14.1. The molecular formula is C7H6INO4. The zero-order valence-corrected chi connectivity index (χ0v) is 8.81. The van der Waals surface area contributed by atoms with Gasteiger partial charge in [-0.05, 0) is 28.7 Å². The minimum atomic E-state index is -1.38. The van der Waals surface area contributed by atoms with E-state index >= 15 is 0 Å². The van der Waals surface area contributed by atoms with Gasteiger partial charge in [0.2, 0.25) is 5.88 Å². The highest BCUT2D eigenvalue weighted by Crippen LogP contribution is 2.21. The molecule has 0 bridgehead atoms. The number of ether oxygens (including phenoxy) is 2. The fraction of sp³-hybridized carbons (Fsp3) is 0.143. The average Bonchev–Trinajstić information content (AvgIpc) is 2.03. The van der Waals surface area contributed by atoms with Crippen molar-refractivity contribution in [3.05, 3.63) is 15.8 Å². The van der Waals surface area contributed by atoms with Gasteiger partial charge in [0.05, 0.1) is 7.11 Å². The number of carboxylic acid groups (broad SMARTS) is 1. The Bertz CT molecular complexity index is 328. The molecule has 1 aromatic rings. The first kappa shape index (κ1) is 10.0. The quantitative estimate of drug-likeness (QED) is 0.511. The lowest BCUT2D eigenvalue weighted by atomic mass is 10.4. The van der Waals surface area contributed by atoms with Crippen LogP contribution in [0.4, 0.5) is 4.79 Å². The largest absolute Gasteiger partial charge is 0.512 e. The van der Waals surface area contributed by atoms with Gasteiger partial charge in [0.1, 0.15) is 3.70 Å². The first-order chi connectivity index (χ1) is 6.13. The molecule has 1 rings (SSSR count). The summed E-state index contributed by atoms with van der Waals surface area (Å²) < 4.78 is 9.83. The van der Waals surface area contributed by atoms with Crippen molar-refractivity contribution >= 4 is 28.7 Å². The minimum absolute atomic E-state index is 0.0395. The molecule has 0 aliphatic carbocycles. The summed E-state index contributed by atoms with van der Waals surface area (Å²) in [7, 11) is 1.51. The molecule has 0 radical (unpaired) electrons. The normalized spacial score (nSPS) is 9.38. The molecule has 0 atom stereocenters. The minimum Gasteiger partial charge on any atom is -0.494 e. The van der Waals surface area contributed by atoms with Gasteiger partial charge in [0.15, 0.2) is 5.75 Å². The van der Waals surface area contributed by atoms with Gasteiger partial charge in [-0.1, -0.05) is 0 Å². The predicted octanol–water partition coefficient (Wildman–Crippen LogP) is 1.75. The van der Waals surface area contributed by atoms with Crippen LogP contribution in [0.25, 0.3) is 0 Å². The second-order valence-corrected chi connectivity index (χ2v) is 3.03. The number of methoxy groups -OCH3 is 1. The maximum Gasteiger partial charge on any atom is 0.512 e. The van der Waals surface area contributed by atoms with Crippen molar-refractivity contribution in [2.75, 3.05) is 7.11 Å². The van der Waals surface area contributed by atoms with Gasteiger partial charge in [-0.15, -0.1) is 0 Å². The van der Waals surface area contributed by atoms with Crippen LogP contribution in [0.3, 0.4) is 0 Å². The van der Waals surface area contributed by atoms with E-state index in [-0.39, 0.29) is 5.88 Å².